The van der Waals surface area contributed by atoms with E-state index in [1.807, 2.05) is 18.2 Å². The first kappa shape index (κ1) is 24.6. The van der Waals surface area contributed by atoms with Crippen molar-refractivity contribution in [3.05, 3.63) is 72.3 Å². The van der Waals surface area contributed by atoms with Crippen molar-refractivity contribution in [2.24, 2.45) is 0 Å². The first-order valence-corrected chi connectivity index (χ1v) is 12.3. The van der Waals surface area contributed by atoms with Crippen molar-refractivity contribution in [3.8, 4) is 11.1 Å². The summed E-state index contributed by atoms with van der Waals surface area (Å²) in [6, 6.07) is 19.3. The number of rotatable bonds is 11. The van der Waals surface area contributed by atoms with E-state index in [0.717, 1.165) is 44.7 Å². The molecule has 1 aliphatic heterocycles. The number of benzene rings is 2. The SMILES string of the molecule is O=C(O)CCC=CCO[C@H]1[C@@H](OCc2ccc(-c3ccccc3)cc2)CC[C@@H]1N1CCOCC1. The van der Waals surface area contributed by atoms with E-state index in [0.29, 0.717) is 25.7 Å². The van der Waals surface area contributed by atoms with E-state index in [1.165, 1.54) is 11.1 Å². The Morgan fingerprint density at radius 3 is 2.44 bits per heavy atom. The van der Waals surface area contributed by atoms with Gasteiger partial charge in [-0.2, -0.15) is 0 Å². The van der Waals surface area contributed by atoms with Crippen LogP contribution in [0.25, 0.3) is 11.1 Å². The maximum atomic E-state index is 10.7. The summed E-state index contributed by atoms with van der Waals surface area (Å²) in [5, 5.41) is 8.79. The molecule has 0 spiro atoms. The molecule has 0 amide bonds. The number of carboxylic acid groups (broad SMARTS) is 1. The van der Waals surface area contributed by atoms with Crippen molar-refractivity contribution in [1.82, 2.24) is 4.90 Å². The molecule has 1 N–H and O–H groups in total. The van der Waals surface area contributed by atoms with Gasteiger partial charge in [-0.15, -0.1) is 0 Å². The fourth-order valence-electron chi connectivity index (χ4n) is 4.79. The van der Waals surface area contributed by atoms with Gasteiger partial charge < -0.3 is 19.3 Å². The summed E-state index contributed by atoms with van der Waals surface area (Å²) >= 11 is 0. The maximum Gasteiger partial charge on any atom is 0.303 e. The van der Waals surface area contributed by atoms with Gasteiger partial charge in [-0.1, -0.05) is 66.7 Å². The molecular formula is C28H35NO5. The van der Waals surface area contributed by atoms with Crippen molar-refractivity contribution in [2.45, 2.75) is 50.5 Å². The van der Waals surface area contributed by atoms with Gasteiger partial charge in [0.1, 0.15) is 0 Å². The van der Waals surface area contributed by atoms with Crippen LogP contribution in [0.2, 0.25) is 0 Å². The molecule has 0 bridgehead atoms. The normalized spacial score (nSPS) is 23.5. The molecular weight excluding hydrogens is 430 g/mol. The summed E-state index contributed by atoms with van der Waals surface area (Å²) in [5.74, 6) is -0.779. The Kier molecular flexibility index (Phi) is 9.27. The minimum Gasteiger partial charge on any atom is -0.481 e. The van der Waals surface area contributed by atoms with Gasteiger partial charge in [0, 0.05) is 25.6 Å². The van der Waals surface area contributed by atoms with Gasteiger partial charge in [-0.3, -0.25) is 9.69 Å². The first-order chi connectivity index (χ1) is 16.7. The van der Waals surface area contributed by atoms with Crippen LogP contribution in [0.5, 0.6) is 0 Å². The molecule has 1 saturated carbocycles. The lowest BCUT2D eigenvalue weighted by molar-refractivity contribution is -0.136. The number of morpholine rings is 1. The standard InChI is InChI=1S/C28H35NO5/c30-27(31)9-5-2-6-18-33-28-25(29-16-19-32-20-17-29)14-15-26(28)34-21-22-10-12-24(13-11-22)23-7-3-1-4-8-23/h1-4,6-8,10-13,25-26,28H,5,9,14-21H2,(H,30,31)/t25-,26-,28+/m0/s1. The van der Waals surface area contributed by atoms with Gasteiger partial charge in [0.2, 0.25) is 0 Å². The molecule has 6 nitrogen and oxygen atoms in total. The van der Waals surface area contributed by atoms with Crippen LogP contribution in [-0.2, 0) is 25.6 Å². The zero-order valence-electron chi connectivity index (χ0n) is 19.7. The molecule has 6 heteroatoms. The Labute approximate surface area is 202 Å². The van der Waals surface area contributed by atoms with E-state index in [9.17, 15) is 4.79 Å². The van der Waals surface area contributed by atoms with Crippen molar-refractivity contribution < 1.29 is 24.1 Å². The van der Waals surface area contributed by atoms with Gasteiger partial charge in [-0.25, -0.2) is 0 Å². The van der Waals surface area contributed by atoms with Gasteiger partial charge in [-0.05, 0) is 36.0 Å². The minimum atomic E-state index is -0.779. The molecule has 34 heavy (non-hydrogen) atoms. The molecule has 2 aromatic rings. The van der Waals surface area contributed by atoms with Gasteiger partial charge in [0.25, 0.3) is 0 Å². The number of hydrogen-bond donors (Lipinski definition) is 1. The molecule has 0 aromatic heterocycles. The zero-order chi connectivity index (χ0) is 23.6. The molecule has 4 rings (SSSR count). The monoisotopic (exact) mass is 465 g/mol. The predicted molar refractivity (Wildman–Crippen MR) is 132 cm³/mol. The Bertz CT molecular complexity index is 908. The maximum absolute atomic E-state index is 10.7. The average Bonchev–Trinajstić information content (AvgIpc) is 3.28. The third-order valence-corrected chi connectivity index (χ3v) is 6.61. The first-order valence-electron chi connectivity index (χ1n) is 12.3. The number of allylic oxidation sites excluding steroid dienone is 1. The van der Waals surface area contributed by atoms with Crippen molar-refractivity contribution >= 4 is 5.97 Å². The van der Waals surface area contributed by atoms with Gasteiger partial charge >= 0.3 is 5.97 Å². The van der Waals surface area contributed by atoms with E-state index >= 15 is 0 Å². The lowest BCUT2D eigenvalue weighted by Gasteiger charge is -2.36. The van der Waals surface area contributed by atoms with Crippen LogP contribution in [0.1, 0.15) is 31.2 Å². The smallest absolute Gasteiger partial charge is 0.303 e. The van der Waals surface area contributed by atoms with Crippen LogP contribution >= 0.6 is 0 Å². The lowest BCUT2D eigenvalue weighted by atomic mass is 10.0. The third kappa shape index (κ3) is 7.00. The van der Waals surface area contributed by atoms with Crippen LogP contribution in [0.3, 0.4) is 0 Å². The summed E-state index contributed by atoms with van der Waals surface area (Å²) in [4.78, 5) is 13.2. The van der Waals surface area contributed by atoms with Crippen molar-refractivity contribution in [3.63, 3.8) is 0 Å². The second-order valence-electron chi connectivity index (χ2n) is 8.91. The molecule has 182 valence electrons. The molecule has 2 fully saturated rings. The molecule has 2 aromatic carbocycles. The highest BCUT2D eigenvalue weighted by molar-refractivity contribution is 5.66. The van der Waals surface area contributed by atoms with Crippen LogP contribution in [0.4, 0.5) is 0 Å². The average molecular weight is 466 g/mol. The molecule has 3 atom stereocenters. The number of nitrogens with zero attached hydrogens (tertiary/aromatic N) is 1. The summed E-state index contributed by atoms with van der Waals surface area (Å²) in [5.41, 5.74) is 3.57. The van der Waals surface area contributed by atoms with Crippen molar-refractivity contribution in [2.75, 3.05) is 32.9 Å². The largest absolute Gasteiger partial charge is 0.481 e. The zero-order valence-corrected chi connectivity index (χ0v) is 19.7. The number of carboxylic acids is 1. The molecule has 2 aliphatic rings. The van der Waals surface area contributed by atoms with E-state index in [2.05, 4.69) is 53.4 Å². The van der Waals surface area contributed by atoms with Crippen LogP contribution in [-0.4, -0.2) is 67.1 Å². The van der Waals surface area contributed by atoms with E-state index in [-0.39, 0.29) is 18.6 Å². The van der Waals surface area contributed by atoms with Crippen LogP contribution < -0.4 is 0 Å². The van der Waals surface area contributed by atoms with Crippen LogP contribution in [0, 0.1) is 0 Å². The second-order valence-corrected chi connectivity index (χ2v) is 8.91. The van der Waals surface area contributed by atoms with E-state index in [1.54, 1.807) is 0 Å². The Morgan fingerprint density at radius 2 is 1.71 bits per heavy atom. The Morgan fingerprint density at radius 1 is 0.971 bits per heavy atom. The Balaban J connectivity index is 1.34. The van der Waals surface area contributed by atoms with Crippen LogP contribution in [0.15, 0.2) is 66.7 Å². The van der Waals surface area contributed by atoms with Crippen molar-refractivity contribution in [1.29, 1.82) is 0 Å². The summed E-state index contributed by atoms with van der Waals surface area (Å²) in [6.45, 7) is 4.40. The third-order valence-electron chi connectivity index (χ3n) is 6.61. The van der Waals surface area contributed by atoms with Gasteiger partial charge in [0.15, 0.2) is 0 Å². The lowest BCUT2D eigenvalue weighted by Crippen LogP contribution is -2.49. The molecule has 0 radical (unpaired) electrons. The molecule has 0 unspecified atom stereocenters. The quantitative estimate of drug-likeness (QED) is 0.492. The summed E-state index contributed by atoms with van der Waals surface area (Å²) in [7, 11) is 0. The molecule has 1 aliphatic carbocycles. The Hall–Kier alpha value is -2.51. The second kappa shape index (κ2) is 12.8. The predicted octanol–water partition coefficient (Wildman–Crippen LogP) is 4.54. The highest BCUT2D eigenvalue weighted by Gasteiger charge is 2.41. The molecule has 1 saturated heterocycles. The summed E-state index contributed by atoms with van der Waals surface area (Å²) < 4.78 is 18.2. The summed E-state index contributed by atoms with van der Waals surface area (Å²) in [6.07, 6.45) is 6.52. The topological polar surface area (TPSA) is 68.2 Å². The number of hydrogen-bond acceptors (Lipinski definition) is 5. The molecule has 1 heterocycles. The number of aliphatic carboxylic acids is 1. The number of ether oxygens (including phenoxy) is 3. The van der Waals surface area contributed by atoms with E-state index < -0.39 is 5.97 Å². The fourth-order valence-corrected chi connectivity index (χ4v) is 4.79. The fraction of sp³-hybridized carbons (Fsp3) is 0.464. The minimum absolute atomic E-state index is 0.00850. The highest BCUT2D eigenvalue weighted by atomic mass is 16.5. The highest BCUT2D eigenvalue weighted by Crippen LogP contribution is 2.31. The number of carbonyl (C=O) groups is 1. The van der Waals surface area contributed by atoms with Gasteiger partial charge in [0.05, 0.1) is 38.6 Å². The van der Waals surface area contributed by atoms with E-state index in [4.69, 9.17) is 19.3 Å².